The molecule has 93 heavy (non-hydrogen) atoms. The van der Waals surface area contributed by atoms with Crippen LogP contribution in [0.5, 0.6) is 0 Å². The number of aliphatic hydroxyl groups is 10. The van der Waals surface area contributed by atoms with E-state index in [0.29, 0.717) is 25.8 Å². The first-order chi connectivity index (χ1) is 43.8. The topological polar surface area (TPSA) is 452 Å². The average Bonchev–Trinajstić information content (AvgIpc) is 1.13. The number of rotatable bonds is 34. The molecule has 1 aromatic rings. The van der Waals surface area contributed by atoms with Gasteiger partial charge in [0.2, 0.25) is 29.5 Å². The maximum Gasteiger partial charge on any atom is 0.367 e. The Hall–Kier alpha value is -5.17. The van der Waals surface area contributed by atoms with E-state index in [2.05, 4.69) is 16.0 Å². The van der Waals surface area contributed by atoms with Crippen molar-refractivity contribution in [3.05, 3.63) is 35.9 Å². The molecule has 4 aliphatic rings. The fraction of sp³-hybridized carbons (Fsp3) is 0.790. The minimum atomic E-state index is -2.70. The second-order valence-electron chi connectivity index (χ2n) is 25.7. The number of amides is 5. The van der Waals surface area contributed by atoms with Crippen molar-refractivity contribution >= 4 is 41.5 Å². The van der Waals surface area contributed by atoms with Crippen molar-refractivity contribution in [3.63, 3.8) is 0 Å². The molecule has 5 amide bonds. The van der Waals surface area contributed by atoms with Crippen molar-refractivity contribution in [1.29, 1.82) is 0 Å². The van der Waals surface area contributed by atoms with Crippen molar-refractivity contribution in [1.82, 2.24) is 30.7 Å². The van der Waals surface area contributed by atoms with E-state index in [4.69, 9.17) is 33.2 Å². The third-order valence-corrected chi connectivity index (χ3v) is 18.4. The molecule has 530 valence electrons. The zero-order valence-electron chi connectivity index (χ0n) is 55.1. The smallest absolute Gasteiger partial charge is 0.367 e. The molecule has 5 rings (SSSR count). The van der Waals surface area contributed by atoms with E-state index in [1.165, 1.54) is 31.1 Å². The number of carboxylic acid groups (broad SMARTS) is 1. The number of methoxy groups -OCH3 is 2. The average molecular weight is 1330 g/mol. The normalized spacial score (nSPS) is 28.7. The molecule has 14 N–H and O–H groups in total. The number of likely N-dealkylation sites (tertiary alicyclic amines) is 1. The summed E-state index contributed by atoms with van der Waals surface area (Å²) in [5.74, 6) is -10.3. The van der Waals surface area contributed by atoms with E-state index in [9.17, 15) is 89.7 Å². The van der Waals surface area contributed by atoms with Gasteiger partial charge >= 0.3 is 11.9 Å². The van der Waals surface area contributed by atoms with Crippen LogP contribution in [-0.4, -0.2) is 307 Å². The van der Waals surface area contributed by atoms with Crippen molar-refractivity contribution in [2.75, 3.05) is 61.2 Å². The number of fused-ring (bicyclic) bond motifs is 1. The molecule has 4 heterocycles. The van der Waals surface area contributed by atoms with Crippen LogP contribution in [0, 0.1) is 23.7 Å². The van der Waals surface area contributed by atoms with E-state index in [0.717, 1.165) is 12.5 Å². The second kappa shape index (κ2) is 35.2. The van der Waals surface area contributed by atoms with Gasteiger partial charge in [-0.3, -0.25) is 28.9 Å². The quantitative estimate of drug-likeness (QED) is 0.0291. The number of nitrogens with zero attached hydrogens (tertiary/aromatic N) is 3. The van der Waals surface area contributed by atoms with Gasteiger partial charge < -0.3 is 115 Å². The Morgan fingerprint density at radius 1 is 0.839 bits per heavy atom. The standard InChI is InChI=1S/C62H102N6O25/c1-13-31(6)47(41(87-11)23-43(77)68-21-17-20-36(68)51(88-12)32(7)56(81)64-35(59(84)85)22-34-18-15-14-16-19-34)67(10)58(83)44(29(2)3)65-57(82)46(30(4)5)66(9)25-38(74)48(78)52(40(76)27-70)90-60-50(80)55-53(42(28-71)89-60)91-61(86)62(93-55)24-37(73)45(63-33(8)72)54(92-62)49(79)39(75)26-69/h14-16,18-19,29-32,35-42,44-55,60,69-71,73-76,78-80H,13,17,20-28H2,1-12H3,(H,63,72)(H,64,81)(H,65,82)(H,84,85). The maximum absolute atomic E-state index is 14.9. The van der Waals surface area contributed by atoms with Crippen LogP contribution in [0.15, 0.2) is 30.3 Å². The largest absolute Gasteiger partial charge is 0.480 e. The highest BCUT2D eigenvalue weighted by molar-refractivity contribution is 5.90. The van der Waals surface area contributed by atoms with Crippen LogP contribution in [0.25, 0.3) is 0 Å². The summed E-state index contributed by atoms with van der Waals surface area (Å²) in [6.45, 7) is 10.1. The number of nitrogens with one attached hydrogen (secondary N) is 3. The highest BCUT2D eigenvalue weighted by Gasteiger charge is 2.64. The van der Waals surface area contributed by atoms with Gasteiger partial charge in [-0.15, -0.1) is 0 Å². The zero-order valence-corrected chi connectivity index (χ0v) is 55.1. The minimum absolute atomic E-state index is 0.0510. The number of aliphatic hydroxyl groups excluding tert-OH is 10. The number of benzene rings is 1. The number of esters is 1. The van der Waals surface area contributed by atoms with Gasteiger partial charge in [0.1, 0.15) is 67.0 Å². The molecule has 4 saturated heterocycles. The van der Waals surface area contributed by atoms with Gasteiger partial charge in [-0.25, -0.2) is 9.59 Å². The number of ether oxygens (including phenoxy) is 7. The first-order valence-electron chi connectivity index (χ1n) is 31.7. The van der Waals surface area contributed by atoms with Crippen LogP contribution in [0.4, 0.5) is 0 Å². The van der Waals surface area contributed by atoms with E-state index in [-0.39, 0.29) is 24.7 Å². The number of carbonyl (C=O) groups is 7. The van der Waals surface area contributed by atoms with E-state index >= 15 is 0 Å². The maximum atomic E-state index is 14.9. The third kappa shape index (κ3) is 18.9. The number of aliphatic carboxylic acids is 1. The summed E-state index contributed by atoms with van der Waals surface area (Å²) in [4.78, 5) is 100. The SMILES string of the molecule is CCC(C)C(C(CC(=O)N1CCCC1C(OC)C(C)C(=O)NC(Cc1ccccc1)C(=O)O)OC)N(C)C(=O)C(NC(=O)C(C(C)C)N(C)CC(O)C(O)C(OC1OC(CO)C2OC(=O)C3(CC(O)C(NC(C)=O)C(C(O)C(O)CO)O3)OC2C1O)C(O)CO)C(C)C. The molecule has 24 unspecified atom stereocenters. The van der Waals surface area contributed by atoms with Crippen LogP contribution in [0.1, 0.15) is 93.1 Å². The van der Waals surface area contributed by atoms with E-state index in [1.807, 2.05) is 13.8 Å². The first-order valence-corrected chi connectivity index (χ1v) is 31.7. The summed E-state index contributed by atoms with van der Waals surface area (Å²) in [5, 5.41) is 127. The monoisotopic (exact) mass is 1330 g/mol. The Morgan fingerprint density at radius 2 is 1.48 bits per heavy atom. The fourth-order valence-electron chi connectivity index (χ4n) is 13.1. The highest BCUT2D eigenvalue weighted by atomic mass is 16.8. The molecular weight excluding hydrogens is 1230 g/mol. The van der Waals surface area contributed by atoms with Crippen LogP contribution in [-0.2, 0) is 73.1 Å². The molecule has 1 aromatic carbocycles. The molecule has 4 aliphatic heterocycles. The zero-order chi connectivity index (χ0) is 69.7. The van der Waals surface area contributed by atoms with Gasteiger partial charge in [-0.05, 0) is 43.2 Å². The predicted octanol–water partition coefficient (Wildman–Crippen LogP) is -4.27. The Balaban J connectivity index is 1.29. The third-order valence-electron chi connectivity index (χ3n) is 18.4. The summed E-state index contributed by atoms with van der Waals surface area (Å²) in [6.07, 6.45) is -26.0. The van der Waals surface area contributed by atoms with Gasteiger partial charge in [0, 0.05) is 54.1 Å². The van der Waals surface area contributed by atoms with Gasteiger partial charge in [-0.2, -0.15) is 0 Å². The van der Waals surface area contributed by atoms with Crippen molar-refractivity contribution in [2.24, 2.45) is 23.7 Å². The van der Waals surface area contributed by atoms with Crippen LogP contribution in [0.2, 0.25) is 0 Å². The molecule has 0 aromatic heterocycles. The number of likely N-dealkylation sites (N-methyl/N-ethyl adjacent to an activating group) is 2. The van der Waals surface area contributed by atoms with Crippen molar-refractivity contribution in [3.8, 4) is 0 Å². The highest BCUT2D eigenvalue weighted by Crippen LogP contribution is 2.43. The molecule has 0 radical (unpaired) electrons. The molecule has 24 atom stereocenters. The Morgan fingerprint density at radius 3 is 2.03 bits per heavy atom. The Labute approximate surface area is 541 Å². The second-order valence-corrected chi connectivity index (χ2v) is 25.7. The summed E-state index contributed by atoms with van der Waals surface area (Å²) >= 11 is 0. The van der Waals surface area contributed by atoms with E-state index in [1.54, 1.807) is 76.9 Å². The first kappa shape index (κ1) is 78.5. The van der Waals surface area contributed by atoms with Crippen molar-refractivity contribution < 1.29 is 123 Å². The summed E-state index contributed by atoms with van der Waals surface area (Å²) in [6, 6.07) is 2.57. The summed E-state index contributed by atoms with van der Waals surface area (Å²) in [5.41, 5.74) is 0.719. The molecule has 0 aliphatic carbocycles. The molecular formula is C62H102N6O25. The molecule has 1 spiro atoms. The number of hydrogen-bond donors (Lipinski definition) is 14. The minimum Gasteiger partial charge on any atom is -0.480 e. The lowest BCUT2D eigenvalue weighted by Crippen LogP contribution is -2.74. The Bertz CT molecular complexity index is 2600. The predicted molar refractivity (Wildman–Crippen MR) is 325 cm³/mol. The summed E-state index contributed by atoms with van der Waals surface area (Å²) < 4.78 is 41.1. The van der Waals surface area contributed by atoms with Gasteiger partial charge in [0.15, 0.2) is 12.4 Å². The van der Waals surface area contributed by atoms with E-state index < -0.39 is 220 Å². The van der Waals surface area contributed by atoms with Crippen molar-refractivity contribution in [2.45, 2.75) is 228 Å². The molecule has 0 bridgehead atoms. The lowest BCUT2D eigenvalue weighted by atomic mass is 9.87. The number of hydrogen-bond acceptors (Lipinski definition) is 25. The van der Waals surface area contributed by atoms with Crippen LogP contribution >= 0.6 is 0 Å². The molecule has 31 heteroatoms. The van der Waals surface area contributed by atoms with Crippen LogP contribution in [0.3, 0.4) is 0 Å². The van der Waals surface area contributed by atoms with Gasteiger partial charge in [-0.1, -0.05) is 85.2 Å². The van der Waals surface area contributed by atoms with Crippen LogP contribution < -0.4 is 16.0 Å². The molecule has 0 saturated carbocycles. The Kier molecular flexibility index (Phi) is 29.7. The number of carboxylic acids is 1. The molecule has 4 fully saturated rings. The lowest BCUT2D eigenvalue weighted by molar-refractivity contribution is -0.400. The number of carbonyl (C=O) groups excluding carboxylic acids is 6. The lowest BCUT2D eigenvalue weighted by Gasteiger charge is -2.54. The summed E-state index contributed by atoms with van der Waals surface area (Å²) in [7, 11) is 5.87. The molecule has 31 nitrogen and oxygen atoms in total. The van der Waals surface area contributed by atoms with Gasteiger partial charge in [0.25, 0.3) is 5.79 Å². The van der Waals surface area contributed by atoms with Gasteiger partial charge in [0.05, 0.1) is 80.7 Å². The fourth-order valence-corrected chi connectivity index (χ4v) is 13.1.